The second-order valence-corrected chi connectivity index (χ2v) is 7.18. The van der Waals surface area contributed by atoms with Crippen molar-refractivity contribution in [3.05, 3.63) is 71.8 Å². The first kappa shape index (κ1) is 17.8. The van der Waals surface area contributed by atoms with Gasteiger partial charge in [-0.15, -0.1) is 0 Å². The van der Waals surface area contributed by atoms with Crippen molar-refractivity contribution in [1.29, 1.82) is 0 Å². The Morgan fingerprint density at radius 2 is 1.48 bits per heavy atom. The topological polar surface area (TPSA) is 29.5 Å². The van der Waals surface area contributed by atoms with E-state index in [9.17, 15) is 4.79 Å². The Balaban J connectivity index is 0.000000569. The lowest BCUT2D eigenvalue weighted by molar-refractivity contribution is -0.145. The molecular formula is C22H27NO2. The van der Waals surface area contributed by atoms with Gasteiger partial charge in [0, 0.05) is 38.6 Å². The zero-order valence-corrected chi connectivity index (χ0v) is 15.1. The predicted octanol–water partition coefficient (Wildman–Crippen LogP) is 3.95. The van der Waals surface area contributed by atoms with Gasteiger partial charge >= 0.3 is 0 Å². The summed E-state index contributed by atoms with van der Waals surface area (Å²) in [6, 6.07) is 21.7. The first-order valence-electron chi connectivity index (χ1n) is 8.93. The van der Waals surface area contributed by atoms with Crippen molar-refractivity contribution in [3.8, 4) is 0 Å². The van der Waals surface area contributed by atoms with Crippen molar-refractivity contribution in [1.82, 2.24) is 4.90 Å². The molecule has 132 valence electrons. The maximum absolute atomic E-state index is 11.2. The minimum Gasteiger partial charge on any atom is -0.388 e. The lowest BCUT2D eigenvalue weighted by atomic mass is 9.56. The molecule has 0 aromatic heterocycles. The predicted molar refractivity (Wildman–Crippen MR) is 100 cm³/mol. The molecule has 25 heavy (non-hydrogen) atoms. The summed E-state index contributed by atoms with van der Waals surface area (Å²) in [5.41, 5.74) is 2.96. The van der Waals surface area contributed by atoms with Gasteiger partial charge < -0.3 is 9.53 Å². The van der Waals surface area contributed by atoms with Crippen molar-refractivity contribution >= 4 is 6.29 Å². The van der Waals surface area contributed by atoms with E-state index in [1.807, 2.05) is 0 Å². The molecule has 3 heteroatoms. The monoisotopic (exact) mass is 337 g/mol. The molecule has 2 aromatic carbocycles. The Labute approximate surface area is 150 Å². The molecule has 1 saturated carbocycles. The lowest BCUT2D eigenvalue weighted by Crippen LogP contribution is -2.65. The number of likely N-dealkylation sites (tertiary alicyclic amines) is 1. The fourth-order valence-corrected chi connectivity index (χ4v) is 4.15. The average Bonchev–Trinajstić information content (AvgIpc) is 2.59. The average molecular weight is 337 g/mol. The number of aldehydes is 1. The van der Waals surface area contributed by atoms with Crippen LogP contribution in [0.4, 0.5) is 0 Å². The Morgan fingerprint density at radius 1 is 1.00 bits per heavy atom. The molecule has 0 bridgehead atoms. The van der Waals surface area contributed by atoms with Gasteiger partial charge in [-0.3, -0.25) is 4.90 Å². The molecule has 1 atom stereocenters. The molecule has 2 aromatic rings. The van der Waals surface area contributed by atoms with Gasteiger partial charge in [-0.2, -0.15) is 0 Å². The normalized spacial score (nSPS) is 21.0. The smallest absolute Gasteiger partial charge is 0.123 e. The van der Waals surface area contributed by atoms with Gasteiger partial charge in [0.05, 0.1) is 6.04 Å². The third-order valence-electron chi connectivity index (χ3n) is 5.54. The summed E-state index contributed by atoms with van der Waals surface area (Å²) >= 11 is 0. The molecule has 1 saturated heterocycles. The third-order valence-corrected chi connectivity index (χ3v) is 5.54. The highest BCUT2D eigenvalue weighted by Crippen LogP contribution is 2.54. The summed E-state index contributed by atoms with van der Waals surface area (Å²) in [7, 11) is 3.25. The van der Waals surface area contributed by atoms with E-state index in [2.05, 4.69) is 70.3 Å². The standard InChI is InChI=1S/C20H21NO.C2H6O/c22-13-18-11-12-20(18)14-21(15-20)19(16-7-3-1-4-8-16)17-9-5-2-6-10-17;1-3-2/h1-10,13,18-19H,11-12,14-15H2;1-2H3. The number of benzene rings is 2. The van der Waals surface area contributed by atoms with Crippen molar-refractivity contribution in [3.63, 3.8) is 0 Å². The van der Waals surface area contributed by atoms with Gasteiger partial charge in [-0.05, 0) is 24.0 Å². The van der Waals surface area contributed by atoms with Crippen LogP contribution in [0.1, 0.15) is 30.0 Å². The molecular weight excluding hydrogens is 310 g/mol. The van der Waals surface area contributed by atoms with E-state index in [1.54, 1.807) is 14.2 Å². The van der Waals surface area contributed by atoms with Crippen LogP contribution in [-0.2, 0) is 9.53 Å². The van der Waals surface area contributed by atoms with Crippen LogP contribution in [0.5, 0.6) is 0 Å². The fraction of sp³-hybridized carbons (Fsp3) is 0.409. The largest absolute Gasteiger partial charge is 0.388 e. The van der Waals surface area contributed by atoms with Gasteiger partial charge in [0.25, 0.3) is 0 Å². The molecule has 4 rings (SSSR count). The number of nitrogens with zero attached hydrogens (tertiary/aromatic N) is 1. The molecule has 0 radical (unpaired) electrons. The Hall–Kier alpha value is -1.97. The van der Waals surface area contributed by atoms with Crippen LogP contribution in [-0.4, -0.2) is 38.5 Å². The minimum absolute atomic E-state index is 0.281. The first-order valence-corrected chi connectivity index (χ1v) is 8.93. The highest BCUT2D eigenvalue weighted by molar-refractivity contribution is 5.58. The lowest BCUT2D eigenvalue weighted by Gasteiger charge is -2.61. The summed E-state index contributed by atoms with van der Waals surface area (Å²) in [6.07, 6.45) is 3.47. The zero-order valence-electron chi connectivity index (χ0n) is 15.1. The SMILES string of the molecule is COC.O=CC1CCC12CN(C(c1ccccc1)c1ccccc1)C2. The van der Waals surface area contributed by atoms with Crippen molar-refractivity contribution < 1.29 is 9.53 Å². The maximum Gasteiger partial charge on any atom is 0.123 e. The van der Waals surface area contributed by atoms with E-state index < -0.39 is 0 Å². The van der Waals surface area contributed by atoms with Crippen LogP contribution in [0.2, 0.25) is 0 Å². The van der Waals surface area contributed by atoms with Gasteiger partial charge in [-0.1, -0.05) is 60.7 Å². The van der Waals surface area contributed by atoms with Crippen LogP contribution in [0.3, 0.4) is 0 Å². The third kappa shape index (κ3) is 3.53. The number of ether oxygens (including phenoxy) is 1. The summed E-state index contributed by atoms with van der Waals surface area (Å²) in [5, 5.41) is 0. The van der Waals surface area contributed by atoms with Gasteiger partial charge in [0.2, 0.25) is 0 Å². The second-order valence-electron chi connectivity index (χ2n) is 7.18. The van der Waals surface area contributed by atoms with E-state index >= 15 is 0 Å². The van der Waals surface area contributed by atoms with E-state index in [0.717, 1.165) is 19.5 Å². The van der Waals surface area contributed by atoms with Gasteiger partial charge in [0.15, 0.2) is 0 Å². The molecule has 2 aliphatic rings. The maximum atomic E-state index is 11.2. The number of carbonyl (C=O) groups is 1. The van der Waals surface area contributed by atoms with Crippen LogP contribution in [0, 0.1) is 11.3 Å². The van der Waals surface area contributed by atoms with Crippen LogP contribution in [0.15, 0.2) is 60.7 Å². The van der Waals surface area contributed by atoms with E-state index in [4.69, 9.17) is 0 Å². The number of methoxy groups -OCH3 is 1. The zero-order chi connectivity index (χ0) is 17.7. The van der Waals surface area contributed by atoms with Crippen molar-refractivity contribution in [2.45, 2.75) is 18.9 Å². The summed E-state index contributed by atoms with van der Waals surface area (Å²) in [5.74, 6) is 0.288. The molecule has 1 aliphatic heterocycles. The molecule has 0 amide bonds. The van der Waals surface area contributed by atoms with E-state index in [-0.39, 0.29) is 11.3 Å². The highest BCUT2D eigenvalue weighted by atomic mass is 16.4. The quantitative estimate of drug-likeness (QED) is 0.791. The Bertz CT molecular complexity index is 625. The Morgan fingerprint density at radius 3 is 1.84 bits per heavy atom. The highest BCUT2D eigenvalue weighted by Gasteiger charge is 2.55. The van der Waals surface area contributed by atoms with Crippen molar-refractivity contribution in [2.24, 2.45) is 11.3 Å². The van der Waals surface area contributed by atoms with Crippen LogP contribution >= 0.6 is 0 Å². The number of rotatable bonds is 4. The number of hydrogen-bond donors (Lipinski definition) is 0. The summed E-state index contributed by atoms with van der Waals surface area (Å²) in [4.78, 5) is 13.7. The first-order chi connectivity index (χ1) is 12.2. The fourth-order valence-electron chi connectivity index (χ4n) is 4.15. The molecule has 3 nitrogen and oxygen atoms in total. The van der Waals surface area contributed by atoms with Crippen LogP contribution < -0.4 is 0 Å². The minimum atomic E-state index is 0.281. The number of carbonyl (C=O) groups excluding carboxylic acids is 1. The second kappa shape index (κ2) is 7.94. The molecule has 1 aliphatic carbocycles. The van der Waals surface area contributed by atoms with Gasteiger partial charge in [0.1, 0.15) is 6.29 Å². The van der Waals surface area contributed by atoms with Crippen LogP contribution in [0.25, 0.3) is 0 Å². The van der Waals surface area contributed by atoms with Crippen molar-refractivity contribution in [2.75, 3.05) is 27.3 Å². The molecule has 1 spiro atoms. The molecule has 1 unspecified atom stereocenters. The molecule has 0 N–H and O–H groups in total. The van der Waals surface area contributed by atoms with E-state index in [0.29, 0.717) is 6.04 Å². The molecule has 1 heterocycles. The number of hydrogen-bond acceptors (Lipinski definition) is 3. The summed E-state index contributed by atoms with van der Waals surface area (Å²) < 4.78 is 4.25. The molecule has 2 fully saturated rings. The van der Waals surface area contributed by atoms with Gasteiger partial charge in [-0.25, -0.2) is 0 Å². The summed E-state index contributed by atoms with van der Waals surface area (Å²) in [6.45, 7) is 2.09. The Kier molecular flexibility index (Phi) is 5.67. The van der Waals surface area contributed by atoms with E-state index in [1.165, 1.54) is 23.8 Å².